The molecule has 3 nitrogen and oxygen atoms in total. The second-order valence-electron chi connectivity index (χ2n) is 4.47. The Balaban J connectivity index is 1.98. The molecule has 1 N–H and O–H groups in total. The Morgan fingerprint density at radius 1 is 1.44 bits per heavy atom. The van der Waals surface area contributed by atoms with Gasteiger partial charge in [-0.25, -0.2) is 4.39 Å². The van der Waals surface area contributed by atoms with E-state index in [1.54, 1.807) is 13.2 Å². The van der Waals surface area contributed by atoms with E-state index in [0.29, 0.717) is 23.6 Å². The molecule has 98 valence electrons. The van der Waals surface area contributed by atoms with Crippen molar-refractivity contribution in [3.63, 3.8) is 0 Å². The summed E-state index contributed by atoms with van der Waals surface area (Å²) >= 11 is 0. The Kier molecular flexibility index (Phi) is 4.33. The lowest BCUT2D eigenvalue weighted by Gasteiger charge is -2.13. The van der Waals surface area contributed by atoms with Gasteiger partial charge in [-0.15, -0.1) is 0 Å². The maximum absolute atomic E-state index is 13.2. The first-order valence-electron chi connectivity index (χ1n) is 6.08. The van der Waals surface area contributed by atoms with Crippen molar-refractivity contribution in [2.24, 2.45) is 0 Å². The Bertz CT molecular complexity index is 509. The van der Waals surface area contributed by atoms with E-state index in [-0.39, 0.29) is 5.82 Å². The summed E-state index contributed by atoms with van der Waals surface area (Å²) < 4.78 is 23.4. The molecular formula is C14H18FNO2. The number of hydrogen-bond donors (Lipinski definition) is 1. The molecule has 0 amide bonds. The van der Waals surface area contributed by atoms with Gasteiger partial charge in [-0.3, -0.25) is 0 Å². The summed E-state index contributed by atoms with van der Waals surface area (Å²) in [6.45, 7) is 3.64. The first kappa shape index (κ1) is 13.1. The Morgan fingerprint density at radius 3 is 3.06 bits per heavy atom. The van der Waals surface area contributed by atoms with Crippen molar-refractivity contribution in [2.75, 3.05) is 20.3 Å². The van der Waals surface area contributed by atoms with E-state index in [4.69, 9.17) is 9.15 Å². The molecule has 0 spiro atoms. The van der Waals surface area contributed by atoms with Crippen LogP contribution in [0, 0.1) is 5.82 Å². The van der Waals surface area contributed by atoms with Crippen LogP contribution >= 0.6 is 0 Å². The summed E-state index contributed by atoms with van der Waals surface area (Å²) in [7, 11) is 1.69. The van der Waals surface area contributed by atoms with E-state index in [1.807, 2.05) is 12.1 Å². The van der Waals surface area contributed by atoms with Gasteiger partial charge in [0.1, 0.15) is 11.8 Å². The minimum atomic E-state index is -0.303. The third-order valence-corrected chi connectivity index (χ3v) is 2.93. The maximum atomic E-state index is 13.2. The molecular weight excluding hydrogens is 233 g/mol. The normalized spacial score (nSPS) is 13.1. The number of fused-ring (bicyclic) bond motifs is 1. The van der Waals surface area contributed by atoms with E-state index in [2.05, 4.69) is 12.2 Å². The summed E-state index contributed by atoms with van der Waals surface area (Å²) in [5.41, 5.74) is 1.74. The first-order chi connectivity index (χ1) is 8.70. The van der Waals surface area contributed by atoms with E-state index >= 15 is 0 Å². The molecule has 1 heterocycles. The summed E-state index contributed by atoms with van der Waals surface area (Å²) in [4.78, 5) is 0. The second kappa shape index (κ2) is 5.98. The summed E-state index contributed by atoms with van der Waals surface area (Å²) in [5, 5.41) is 3.90. The fourth-order valence-corrected chi connectivity index (χ4v) is 2.00. The van der Waals surface area contributed by atoms with Crippen molar-refractivity contribution in [3.8, 4) is 0 Å². The van der Waals surface area contributed by atoms with Gasteiger partial charge < -0.3 is 14.5 Å². The molecule has 0 fully saturated rings. The van der Waals surface area contributed by atoms with Crippen LogP contribution in [0.2, 0.25) is 0 Å². The molecule has 1 aromatic heterocycles. The number of methoxy groups -OCH3 is 1. The molecule has 0 aliphatic rings. The van der Waals surface area contributed by atoms with Gasteiger partial charge in [0, 0.05) is 19.7 Å². The molecule has 0 bridgehead atoms. The number of benzene rings is 1. The predicted molar refractivity (Wildman–Crippen MR) is 69.2 cm³/mol. The Morgan fingerprint density at radius 2 is 2.28 bits per heavy atom. The number of halogens is 1. The predicted octanol–water partition coefficient (Wildman–Crippen LogP) is 2.74. The van der Waals surface area contributed by atoms with Crippen LogP contribution in [0.4, 0.5) is 4.39 Å². The second-order valence-corrected chi connectivity index (χ2v) is 4.47. The van der Waals surface area contributed by atoms with E-state index in [0.717, 1.165) is 24.8 Å². The van der Waals surface area contributed by atoms with Crippen molar-refractivity contribution in [3.05, 3.63) is 35.8 Å². The topological polar surface area (TPSA) is 34.4 Å². The van der Waals surface area contributed by atoms with E-state index in [1.165, 1.54) is 0 Å². The van der Waals surface area contributed by atoms with Crippen LogP contribution in [0.25, 0.3) is 11.0 Å². The fraction of sp³-hybridized carbons (Fsp3) is 0.429. The quantitative estimate of drug-likeness (QED) is 0.802. The first-order valence-corrected chi connectivity index (χ1v) is 6.08. The standard InChI is InChI=1S/C14H18FNO2/c1-10(16-5-6-17-2)7-11-3-4-12-13(15)9-18-14(12)8-11/h3-4,8-10,16H,5-7H2,1-2H3. The molecule has 18 heavy (non-hydrogen) atoms. The molecule has 0 aliphatic carbocycles. The molecule has 2 rings (SSSR count). The van der Waals surface area contributed by atoms with Gasteiger partial charge in [-0.05, 0) is 31.0 Å². The zero-order valence-electron chi connectivity index (χ0n) is 10.7. The highest BCUT2D eigenvalue weighted by atomic mass is 19.1. The largest absolute Gasteiger partial charge is 0.461 e. The van der Waals surface area contributed by atoms with Crippen LogP contribution in [-0.4, -0.2) is 26.3 Å². The molecule has 0 saturated carbocycles. The number of ether oxygens (including phenoxy) is 1. The maximum Gasteiger partial charge on any atom is 0.169 e. The molecule has 1 atom stereocenters. The summed E-state index contributed by atoms with van der Waals surface area (Å²) in [5.74, 6) is -0.303. The smallest absolute Gasteiger partial charge is 0.169 e. The SMILES string of the molecule is COCCNC(C)Cc1ccc2c(F)coc2c1. The van der Waals surface area contributed by atoms with Crippen molar-refractivity contribution in [1.29, 1.82) is 0 Å². The van der Waals surface area contributed by atoms with E-state index in [9.17, 15) is 4.39 Å². The lowest BCUT2D eigenvalue weighted by Crippen LogP contribution is -2.30. The van der Waals surface area contributed by atoms with Crippen molar-refractivity contribution in [1.82, 2.24) is 5.32 Å². The average Bonchev–Trinajstić information content (AvgIpc) is 2.71. The van der Waals surface area contributed by atoms with Gasteiger partial charge in [0.2, 0.25) is 0 Å². The Labute approximate surface area is 106 Å². The molecule has 0 saturated heterocycles. The van der Waals surface area contributed by atoms with Crippen LogP contribution in [-0.2, 0) is 11.2 Å². The Hall–Kier alpha value is -1.39. The fourth-order valence-electron chi connectivity index (χ4n) is 2.00. The average molecular weight is 251 g/mol. The minimum absolute atomic E-state index is 0.303. The van der Waals surface area contributed by atoms with Gasteiger partial charge in [0.15, 0.2) is 5.82 Å². The monoisotopic (exact) mass is 251 g/mol. The van der Waals surface area contributed by atoms with Gasteiger partial charge in [0.05, 0.1) is 12.0 Å². The highest BCUT2D eigenvalue weighted by Crippen LogP contribution is 2.21. The minimum Gasteiger partial charge on any atom is -0.461 e. The van der Waals surface area contributed by atoms with Gasteiger partial charge in [-0.2, -0.15) is 0 Å². The number of furan rings is 1. The van der Waals surface area contributed by atoms with Gasteiger partial charge >= 0.3 is 0 Å². The zero-order chi connectivity index (χ0) is 13.0. The third kappa shape index (κ3) is 3.09. The highest BCUT2D eigenvalue weighted by Gasteiger charge is 2.08. The highest BCUT2D eigenvalue weighted by molar-refractivity contribution is 5.78. The summed E-state index contributed by atoms with van der Waals surface area (Å²) in [6, 6.07) is 5.95. The molecule has 1 aromatic carbocycles. The zero-order valence-corrected chi connectivity index (χ0v) is 10.7. The van der Waals surface area contributed by atoms with Crippen LogP contribution in [0.5, 0.6) is 0 Å². The molecule has 0 radical (unpaired) electrons. The molecule has 1 unspecified atom stereocenters. The molecule has 4 heteroatoms. The van der Waals surface area contributed by atoms with Crippen LogP contribution in [0.3, 0.4) is 0 Å². The van der Waals surface area contributed by atoms with Crippen molar-refractivity contribution in [2.45, 2.75) is 19.4 Å². The summed E-state index contributed by atoms with van der Waals surface area (Å²) in [6.07, 6.45) is 2.02. The number of hydrogen-bond acceptors (Lipinski definition) is 3. The lowest BCUT2D eigenvalue weighted by atomic mass is 10.1. The van der Waals surface area contributed by atoms with E-state index < -0.39 is 0 Å². The van der Waals surface area contributed by atoms with Crippen LogP contribution < -0.4 is 5.32 Å². The van der Waals surface area contributed by atoms with Crippen molar-refractivity contribution >= 4 is 11.0 Å². The van der Waals surface area contributed by atoms with Crippen LogP contribution in [0.1, 0.15) is 12.5 Å². The number of nitrogens with one attached hydrogen (secondary N) is 1. The van der Waals surface area contributed by atoms with Gasteiger partial charge in [-0.1, -0.05) is 6.07 Å². The number of rotatable bonds is 6. The lowest BCUT2D eigenvalue weighted by molar-refractivity contribution is 0.196. The molecule has 0 aliphatic heterocycles. The van der Waals surface area contributed by atoms with Crippen LogP contribution in [0.15, 0.2) is 28.9 Å². The van der Waals surface area contributed by atoms with Gasteiger partial charge in [0.25, 0.3) is 0 Å². The van der Waals surface area contributed by atoms with Crippen molar-refractivity contribution < 1.29 is 13.5 Å². The third-order valence-electron chi connectivity index (χ3n) is 2.93. The molecule has 2 aromatic rings.